The molecule has 3 aromatic rings. The number of imidazole rings is 1. The van der Waals surface area contributed by atoms with E-state index in [2.05, 4.69) is 9.97 Å². The Hall–Kier alpha value is -1.89. The Labute approximate surface area is 120 Å². The molecule has 0 saturated carbocycles. The van der Waals surface area contributed by atoms with Crippen molar-refractivity contribution < 1.29 is 8.42 Å². The van der Waals surface area contributed by atoms with E-state index in [0.29, 0.717) is 21.9 Å². The normalized spacial score (nSPS) is 11.9. The van der Waals surface area contributed by atoms with E-state index in [9.17, 15) is 8.42 Å². The molecule has 0 aliphatic heterocycles. The van der Waals surface area contributed by atoms with Crippen LogP contribution < -0.4 is 5.14 Å². The monoisotopic (exact) mass is 307 g/mol. The van der Waals surface area contributed by atoms with E-state index >= 15 is 0 Å². The average molecular weight is 308 g/mol. The van der Waals surface area contributed by atoms with Gasteiger partial charge in [-0.2, -0.15) is 0 Å². The standard InChI is InChI=1S/C13H10ClN3O2S/c14-9-3-1-8(2-4-9)13-16-11-6-5-10(20(15,18)19)7-12(11)17-13/h1-7H,(H,16,17)(H2,15,18,19). The van der Waals surface area contributed by atoms with Crippen LogP contribution in [-0.4, -0.2) is 18.4 Å². The van der Waals surface area contributed by atoms with Crippen LogP contribution in [0.1, 0.15) is 0 Å². The fourth-order valence-electron chi connectivity index (χ4n) is 1.91. The summed E-state index contributed by atoms with van der Waals surface area (Å²) >= 11 is 5.84. The van der Waals surface area contributed by atoms with Gasteiger partial charge in [0.05, 0.1) is 15.9 Å². The third-order valence-corrected chi connectivity index (χ3v) is 4.06. The number of primary sulfonamides is 1. The Kier molecular flexibility index (Phi) is 3.01. The fraction of sp³-hybridized carbons (Fsp3) is 0. The molecule has 3 N–H and O–H groups in total. The Balaban J connectivity index is 2.13. The second-order valence-corrected chi connectivity index (χ2v) is 6.31. The van der Waals surface area contributed by atoms with Crippen LogP contribution in [-0.2, 0) is 10.0 Å². The number of benzene rings is 2. The van der Waals surface area contributed by atoms with Crippen molar-refractivity contribution in [1.82, 2.24) is 9.97 Å². The molecule has 102 valence electrons. The van der Waals surface area contributed by atoms with E-state index in [1.165, 1.54) is 12.1 Å². The maximum Gasteiger partial charge on any atom is 0.238 e. The van der Waals surface area contributed by atoms with Gasteiger partial charge in [-0.25, -0.2) is 18.5 Å². The smallest absolute Gasteiger partial charge is 0.238 e. The maximum atomic E-state index is 11.3. The van der Waals surface area contributed by atoms with E-state index in [4.69, 9.17) is 16.7 Å². The molecular weight excluding hydrogens is 298 g/mol. The lowest BCUT2D eigenvalue weighted by atomic mass is 10.2. The van der Waals surface area contributed by atoms with Crippen molar-refractivity contribution in [3.63, 3.8) is 0 Å². The van der Waals surface area contributed by atoms with E-state index in [0.717, 1.165) is 5.56 Å². The molecule has 0 radical (unpaired) electrons. The third kappa shape index (κ3) is 2.40. The molecule has 3 rings (SSSR count). The molecule has 1 heterocycles. The topological polar surface area (TPSA) is 88.8 Å². The summed E-state index contributed by atoms with van der Waals surface area (Å²) in [5.41, 5.74) is 2.14. The second kappa shape index (κ2) is 4.59. The average Bonchev–Trinajstić information content (AvgIpc) is 2.81. The van der Waals surface area contributed by atoms with Crippen LogP contribution in [0, 0.1) is 0 Å². The Morgan fingerprint density at radius 2 is 1.80 bits per heavy atom. The molecule has 0 bridgehead atoms. The first-order valence-electron chi connectivity index (χ1n) is 5.72. The molecule has 0 fully saturated rings. The summed E-state index contributed by atoms with van der Waals surface area (Å²) in [5, 5.41) is 5.75. The van der Waals surface area contributed by atoms with Gasteiger partial charge in [-0.05, 0) is 42.5 Å². The Morgan fingerprint density at radius 3 is 2.45 bits per heavy atom. The number of halogens is 1. The Bertz CT molecular complexity index is 886. The largest absolute Gasteiger partial charge is 0.338 e. The number of nitrogens with zero attached hydrogens (tertiary/aromatic N) is 1. The number of hydrogen-bond donors (Lipinski definition) is 2. The first-order valence-corrected chi connectivity index (χ1v) is 7.64. The van der Waals surface area contributed by atoms with Gasteiger partial charge in [0.25, 0.3) is 0 Å². The highest BCUT2D eigenvalue weighted by Crippen LogP contribution is 2.23. The molecule has 0 unspecified atom stereocenters. The zero-order valence-corrected chi connectivity index (χ0v) is 11.7. The van der Waals surface area contributed by atoms with Crippen molar-refractivity contribution in [2.45, 2.75) is 4.90 Å². The van der Waals surface area contributed by atoms with Gasteiger partial charge in [0, 0.05) is 10.6 Å². The van der Waals surface area contributed by atoms with Gasteiger partial charge in [-0.3, -0.25) is 0 Å². The number of sulfonamides is 1. The highest BCUT2D eigenvalue weighted by molar-refractivity contribution is 7.89. The minimum absolute atomic E-state index is 0.0521. The molecule has 2 aromatic carbocycles. The summed E-state index contributed by atoms with van der Waals surface area (Å²) in [7, 11) is -3.72. The lowest BCUT2D eigenvalue weighted by molar-refractivity contribution is 0.598. The minimum atomic E-state index is -3.72. The predicted octanol–water partition coefficient (Wildman–Crippen LogP) is 2.53. The highest BCUT2D eigenvalue weighted by atomic mass is 35.5. The van der Waals surface area contributed by atoms with Gasteiger partial charge in [0.15, 0.2) is 0 Å². The van der Waals surface area contributed by atoms with Gasteiger partial charge in [0.2, 0.25) is 10.0 Å². The van der Waals surface area contributed by atoms with Gasteiger partial charge >= 0.3 is 0 Å². The van der Waals surface area contributed by atoms with Crippen LogP contribution in [0.25, 0.3) is 22.4 Å². The summed E-state index contributed by atoms with van der Waals surface area (Å²) in [5.74, 6) is 0.642. The summed E-state index contributed by atoms with van der Waals surface area (Å²) in [6.07, 6.45) is 0. The number of rotatable bonds is 2. The van der Waals surface area contributed by atoms with Crippen LogP contribution in [0.15, 0.2) is 47.4 Å². The fourth-order valence-corrected chi connectivity index (χ4v) is 2.58. The SMILES string of the molecule is NS(=O)(=O)c1ccc2nc(-c3ccc(Cl)cc3)[nH]c2c1. The van der Waals surface area contributed by atoms with E-state index < -0.39 is 10.0 Å². The molecule has 0 spiro atoms. The van der Waals surface area contributed by atoms with E-state index in [1.54, 1.807) is 18.2 Å². The van der Waals surface area contributed by atoms with Crippen molar-refractivity contribution in [2.24, 2.45) is 5.14 Å². The summed E-state index contributed by atoms with van der Waals surface area (Å²) < 4.78 is 22.6. The first-order chi connectivity index (χ1) is 9.43. The van der Waals surface area contributed by atoms with Crippen LogP contribution in [0.5, 0.6) is 0 Å². The third-order valence-electron chi connectivity index (χ3n) is 2.90. The lowest BCUT2D eigenvalue weighted by Gasteiger charge is -1.96. The van der Waals surface area contributed by atoms with E-state index in [1.807, 2.05) is 12.1 Å². The van der Waals surface area contributed by atoms with Gasteiger partial charge in [0.1, 0.15) is 5.82 Å². The van der Waals surface area contributed by atoms with Crippen molar-refractivity contribution in [3.05, 3.63) is 47.5 Å². The zero-order chi connectivity index (χ0) is 14.3. The molecule has 0 amide bonds. The second-order valence-electron chi connectivity index (χ2n) is 4.32. The molecule has 0 aliphatic carbocycles. The quantitative estimate of drug-likeness (QED) is 0.762. The molecule has 7 heteroatoms. The molecule has 0 aliphatic rings. The number of nitrogens with one attached hydrogen (secondary N) is 1. The number of aromatic nitrogens is 2. The molecule has 0 atom stereocenters. The van der Waals surface area contributed by atoms with Crippen molar-refractivity contribution in [3.8, 4) is 11.4 Å². The Morgan fingerprint density at radius 1 is 1.10 bits per heavy atom. The zero-order valence-electron chi connectivity index (χ0n) is 10.2. The number of fused-ring (bicyclic) bond motifs is 1. The molecular formula is C13H10ClN3O2S. The van der Waals surface area contributed by atoms with Crippen molar-refractivity contribution in [2.75, 3.05) is 0 Å². The molecule has 0 saturated heterocycles. The summed E-state index contributed by atoms with van der Waals surface area (Å²) in [4.78, 5) is 7.52. The number of H-pyrrole nitrogens is 1. The number of aromatic amines is 1. The summed E-state index contributed by atoms with van der Waals surface area (Å²) in [6.45, 7) is 0. The minimum Gasteiger partial charge on any atom is -0.338 e. The van der Waals surface area contributed by atoms with Crippen molar-refractivity contribution >= 4 is 32.7 Å². The number of nitrogens with two attached hydrogens (primary N) is 1. The van der Waals surface area contributed by atoms with Gasteiger partial charge in [-0.1, -0.05) is 11.6 Å². The highest BCUT2D eigenvalue weighted by Gasteiger charge is 2.11. The maximum absolute atomic E-state index is 11.3. The number of hydrogen-bond acceptors (Lipinski definition) is 3. The molecule has 1 aromatic heterocycles. The molecule has 5 nitrogen and oxygen atoms in total. The molecule has 20 heavy (non-hydrogen) atoms. The van der Waals surface area contributed by atoms with Gasteiger partial charge < -0.3 is 4.98 Å². The summed E-state index contributed by atoms with van der Waals surface area (Å²) in [6, 6.07) is 11.7. The van der Waals surface area contributed by atoms with Crippen molar-refractivity contribution in [1.29, 1.82) is 0 Å². The van der Waals surface area contributed by atoms with Crippen LogP contribution >= 0.6 is 11.6 Å². The van der Waals surface area contributed by atoms with Crippen LogP contribution in [0.4, 0.5) is 0 Å². The van der Waals surface area contributed by atoms with Crippen LogP contribution in [0.3, 0.4) is 0 Å². The predicted molar refractivity (Wildman–Crippen MR) is 77.9 cm³/mol. The van der Waals surface area contributed by atoms with Crippen LogP contribution in [0.2, 0.25) is 5.02 Å². The first kappa shape index (κ1) is 13.1. The van der Waals surface area contributed by atoms with Gasteiger partial charge in [-0.15, -0.1) is 0 Å². The van der Waals surface area contributed by atoms with E-state index in [-0.39, 0.29) is 4.90 Å². The lowest BCUT2D eigenvalue weighted by Crippen LogP contribution is -2.11.